The minimum Gasteiger partial charge on any atom is -0.285 e. The van der Waals surface area contributed by atoms with Crippen LogP contribution in [-0.2, 0) is 14.6 Å². The molecule has 1 rings (SSSR count). The van der Waals surface area contributed by atoms with Crippen molar-refractivity contribution in [1.29, 1.82) is 0 Å². The summed E-state index contributed by atoms with van der Waals surface area (Å²) in [6.45, 7) is 0. The fourth-order valence-electron chi connectivity index (χ4n) is 0.482. The van der Waals surface area contributed by atoms with Gasteiger partial charge in [0.05, 0.1) is 6.20 Å². The van der Waals surface area contributed by atoms with Crippen molar-refractivity contribution in [3.63, 3.8) is 0 Å². The Kier molecular flexibility index (Phi) is 1.95. The lowest BCUT2D eigenvalue weighted by atomic mass is 10.8. The Hall–Kier alpha value is -1.30. The third-order valence-electron chi connectivity index (χ3n) is 0.958. The number of carbonyl (C=O) groups excluding carboxylic acids is 1. The minimum atomic E-state index is -3.85. The third kappa shape index (κ3) is 1.58. The molecule has 1 aromatic rings. The van der Waals surface area contributed by atoms with E-state index in [-0.39, 0.29) is 10.6 Å². The summed E-state index contributed by atoms with van der Waals surface area (Å²) in [4.78, 5) is 16.9. The molecule has 0 N–H and O–H groups in total. The van der Waals surface area contributed by atoms with Gasteiger partial charge < -0.3 is 0 Å². The molecule has 0 aliphatic rings. The Bertz CT molecular complexity index is 345. The predicted molar refractivity (Wildman–Crippen MR) is 36.0 cm³/mol. The number of rotatable bonds is 2. The molecule has 6 heteroatoms. The summed E-state index contributed by atoms with van der Waals surface area (Å²) in [6, 6.07) is 0. The molecule has 58 valence electrons. The fraction of sp³-hybridized carbons (Fsp3) is 0. The molecule has 0 fully saturated rings. The Morgan fingerprint density at radius 3 is 2.55 bits per heavy atom. The fourth-order valence-corrected chi connectivity index (χ4v) is 0.996. The first-order valence-corrected chi connectivity index (χ1v) is 4.18. The van der Waals surface area contributed by atoms with Gasteiger partial charge >= 0.3 is 0 Å². The molecule has 5 nitrogen and oxygen atoms in total. The quantitative estimate of drug-likeness (QED) is 0.559. The summed E-state index contributed by atoms with van der Waals surface area (Å²) in [5.41, 5.74) is -0.156. The molecule has 0 unspecified atom stereocenters. The van der Waals surface area contributed by atoms with Crippen LogP contribution in [0.4, 0.5) is 0 Å². The van der Waals surface area contributed by atoms with Crippen LogP contribution in [0.5, 0.6) is 0 Å². The van der Waals surface area contributed by atoms with Crippen LogP contribution in [0.2, 0.25) is 0 Å². The molecule has 0 aliphatic heterocycles. The van der Waals surface area contributed by atoms with Crippen LogP contribution in [0, 0.1) is 0 Å². The maximum absolute atomic E-state index is 10.7. The van der Waals surface area contributed by atoms with Gasteiger partial charge in [0.2, 0.25) is 5.62 Å². The highest BCUT2D eigenvalue weighted by molar-refractivity contribution is 8.04. The highest BCUT2D eigenvalue weighted by atomic mass is 32.2. The van der Waals surface area contributed by atoms with E-state index in [1.54, 1.807) is 0 Å². The van der Waals surface area contributed by atoms with Gasteiger partial charge in [-0.05, 0) is 0 Å². The zero-order valence-electron chi connectivity index (χ0n) is 5.34. The molecular weight excluding hydrogens is 168 g/mol. The van der Waals surface area contributed by atoms with Gasteiger partial charge in [0, 0.05) is 12.4 Å². The van der Waals surface area contributed by atoms with E-state index >= 15 is 0 Å². The molecule has 1 aromatic heterocycles. The summed E-state index contributed by atoms with van der Waals surface area (Å²) >= 11 is 0. The van der Waals surface area contributed by atoms with E-state index in [0.29, 0.717) is 0 Å². The molecule has 1 heterocycles. The number of hydrogen-bond donors (Lipinski definition) is 0. The SMILES string of the molecule is O=CS(=O)(=O)c1cnccn1. The molecule has 0 spiro atoms. The second-order valence-corrected chi connectivity index (χ2v) is 3.39. The van der Waals surface area contributed by atoms with E-state index in [4.69, 9.17) is 0 Å². The van der Waals surface area contributed by atoms with E-state index < -0.39 is 9.84 Å². The molecule has 0 aromatic carbocycles. The van der Waals surface area contributed by atoms with Gasteiger partial charge in [-0.15, -0.1) is 0 Å². The van der Waals surface area contributed by atoms with Crippen molar-refractivity contribution in [3.8, 4) is 0 Å². The van der Waals surface area contributed by atoms with Crippen molar-refractivity contribution in [3.05, 3.63) is 18.6 Å². The van der Waals surface area contributed by atoms with Crippen LogP contribution in [0.25, 0.3) is 0 Å². The van der Waals surface area contributed by atoms with E-state index in [2.05, 4.69) is 9.97 Å². The molecule has 0 bridgehead atoms. The van der Waals surface area contributed by atoms with Crippen molar-refractivity contribution >= 4 is 15.5 Å². The summed E-state index contributed by atoms with van der Waals surface area (Å²) in [5, 5.41) is -0.324. The van der Waals surface area contributed by atoms with Gasteiger partial charge in [-0.25, -0.2) is 13.4 Å². The molecule has 0 aliphatic carbocycles. The van der Waals surface area contributed by atoms with E-state index in [0.717, 1.165) is 6.20 Å². The van der Waals surface area contributed by atoms with Gasteiger partial charge in [-0.2, -0.15) is 0 Å². The number of sulfone groups is 1. The van der Waals surface area contributed by atoms with Crippen molar-refractivity contribution < 1.29 is 13.2 Å². The summed E-state index contributed by atoms with van der Waals surface area (Å²) in [6.07, 6.45) is 3.55. The van der Waals surface area contributed by atoms with E-state index in [1.165, 1.54) is 12.4 Å². The monoisotopic (exact) mass is 172 g/mol. The standard InChI is InChI=1S/C5H4N2O3S/c8-4-11(9,10)5-3-6-1-2-7-5/h1-4H. The van der Waals surface area contributed by atoms with Crippen LogP contribution >= 0.6 is 0 Å². The first-order valence-electron chi connectivity index (χ1n) is 2.63. The van der Waals surface area contributed by atoms with Crippen LogP contribution < -0.4 is 0 Å². The average Bonchev–Trinajstić information content (AvgIpc) is 2.06. The molecule has 0 radical (unpaired) electrons. The summed E-state index contributed by atoms with van der Waals surface area (Å²) < 4.78 is 21.5. The smallest absolute Gasteiger partial charge is 0.255 e. The summed E-state index contributed by atoms with van der Waals surface area (Å²) in [5.74, 6) is 0. The highest BCUT2D eigenvalue weighted by Gasteiger charge is 2.13. The van der Waals surface area contributed by atoms with Gasteiger partial charge in [0.15, 0.2) is 5.03 Å². The Labute approximate surface area is 63.0 Å². The highest BCUT2D eigenvalue weighted by Crippen LogP contribution is 1.99. The van der Waals surface area contributed by atoms with Crippen LogP contribution in [0.3, 0.4) is 0 Å². The second kappa shape index (κ2) is 2.75. The van der Waals surface area contributed by atoms with Crippen LogP contribution in [-0.4, -0.2) is 24.0 Å². The lowest BCUT2D eigenvalue weighted by molar-refractivity contribution is 0.555. The van der Waals surface area contributed by atoms with Gasteiger partial charge in [-0.3, -0.25) is 9.78 Å². The topological polar surface area (TPSA) is 77.0 Å². The van der Waals surface area contributed by atoms with E-state index in [9.17, 15) is 13.2 Å². The number of carbonyl (C=O) groups is 1. The van der Waals surface area contributed by atoms with Gasteiger partial charge in [0.1, 0.15) is 0 Å². The Balaban J connectivity index is 3.24. The van der Waals surface area contributed by atoms with E-state index in [1.807, 2.05) is 0 Å². The largest absolute Gasteiger partial charge is 0.285 e. The second-order valence-electron chi connectivity index (χ2n) is 1.68. The Morgan fingerprint density at radius 2 is 2.09 bits per heavy atom. The van der Waals surface area contributed by atoms with Crippen molar-refractivity contribution in [2.24, 2.45) is 0 Å². The molecule has 0 amide bonds. The van der Waals surface area contributed by atoms with Gasteiger partial charge in [0.25, 0.3) is 9.84 Å². The minimum absolute atomic E-state index is 0.156. The molecule has 0 atom stereocenters. The van der Waals surface area contributed by atoms with Gasteiger partial charge in [-0.1, -0.05) is 0 Å². The number of nitrogens with zero attached hydrogens (tertiary/aromatic N) is 2. The first kappa shape index (κ1) is 7.80. The zero-order valence-corrected chi connectivity index (χ0v) is 6.15. The Morgan fingerprint density at radius 1 is 1.36 bits per heavy atom. The number of aromatic nitrogens is 2. The molecular formula is C5H4N2O3S. The summed E-state index contributed by atoms with van der Waals surface area (Å²) in [7, 11) is -3.85. The first-order chi connectivity index (χ1) is 5.17. The normalized spacial score (nSPS) is 10.9. The lowest BCUT2D eigenvalue weighted by Gasteiger charge is -1.90. The molecule has 0 saturated heterocycles. The average molecular weight is 172 g/mol. The predicted octanol–water partition coefficient (Wildman–Crippen LogP) is -0.559. The maximum atomic E-state index is 10.7. The molecule has 11 heavy (non-hydrogen) atoms. The maximum Gasteiger partial charge on any atom is 0.255 e. The van der Waals surface area contributed by atoms with Crippen LogP contribution in [0.1, 0.15) is 0 Å². The van der Waals surface area contributed by atoms with Crippen molar-refractivity contribution in [2.75, 3.05) is 0 Å². The van der Waals surface area contributed by atoms with Crippen LogP contribution in [0.15, 0.2) is 23.6 Å². The zero-order chi connectivity index (χ0) is 8.32. The lowest BCUT2D eigenvalue weighted by Crippen LogP contribution is -2.03. The van der Waals surface area contributed by atoms with Crippen molar-refractivity contribution in [1.82, 2.24) is 9.97 Å². The number of hydrogen-bond acceptors (Lipinski definition) is 5. The third-order valence-corrected chi connectivity index (χ3v) is 2.00. The van der Waals surface area contributed by atoms with Crippen molar-refractivity contribution in [2.45, 2.75) is 5.03 Å². The molecule has 0 saturated carbocycles.